The highest BCUT2D eigenvalue weighted by atomic mass is 32.3. The topological polar surface area (TPSA) is 112 Å². The van der Waals surface area contributed by atoms with E-state index in [0.29, 0.717) is 0 Å². The van der Waals surface area contributed by atoms with Gasteiger partial charge in [0.05, 0.1) is 14.2 Å². The van der Waals surface area contributed by atoms with E-state index in [2.05, 4.69) is 16.7 Å². The third kappa shape index (κ3) is 6.17. The highest BCUT2D eigenvalue weighted by Gasteiger charge is 2.28. The first-order valence-corrected chi connectivity index (χ1v) is 5.49. The fourth-order valence-corrected chi connectivity index (χ4v) is 0.607. The Labute approximate surface area is 77.5 Å². The van der Waals surface area contributed by atoms with Gasteiger partial charge in [-0.1, -0.05) is 0 Å². The number of rotatable bonds is 2. The van der Waals surface area contributed by atoms with Crippen LogP contribution in [-0.4, -0.2) is 38.5 Å². The predicted molar refractivity (Wildman–Crippen MR) is 42.8 cm³/mol. The molecule has 0 aliphatic carbocycles. The van der Waals surface area contributed by atoms with Crippen LogP contribution in [0.2, 0.25) is 0 Å². The summed E-state index contributed by atoms with van der Waals surface area (Å²) < 4.78 is 51.9. The van der Waals surface area contributed by atoms with Crippen molar-refractivity contribution in [2.24, 2.45) is 0 Å². The molecule has 0 atom stereocenters. The van der Waals surface area contributed by atoms with Crippen LogP contribution in [0.1, 0.15) is 0 Å². The van der Waals surface area contributed by atoms with Crippen molar-refractivity contribution >= 4 is 21.6 Å². The Morgan fingerprint density at radius 2 is 1.54 bits per heavy atom. The van der Waals surface area contributed by atoms with Gasteiger partial charge in [0, 0.05) is 0 Å². The van der Waals surface area contributed by atoms with Crippen LogP contribution in [0.5, 0.6) is 0 Å². The quantitative estimate of drug-likeness (QED) is 0.696. The van der Waals surface area contributed by atoms with E-state index in [1.807, 2.05) is 0 Å². The van der Waals surface area contributed by atoms with Crippen molar-refractivity contribution in [1.29, 1.82) is 0 Å². The second-order valence-corrected chi connectivity index (χ2v) is 4.39. The van der Waals surface area contributed by atoms with Gasteiger partial charge in [-0.3, -0.25) is 17.5 Å². The second-order valence-electron chi connectivity index (χ2n) is 1.54. The first-order valence-electron chi connectivity index (χ1n) is 2.76. The van der Waals surface area contributed by atoms with Gasteiger partial charge in [-0.15, -0.1) is 0 Å². The second kappa shape index (κ2) is 5.07. The lowest BCUT2D eigenvalue weighted by Crippen LogP contribution is -2.19. The lowest BCUT2D eigenvalue weighted by atomic mass is 11.6. The van der Waals surface area contributed by atoms with E-state index in [1.54, 1.807) is 0 Å². The Morgan fingerprint density at radius 1 is 1.23 bits per heavy atom. The third-order valence-corrected chi connectivity index (χ3v) is 2.43. The van der Waals surface area contributed by atoms with Gasteiger partial charge in [-0.2, -0.15) is 8.42 Å². The Kier molecular flexibility index (Phi) is 5.09. The SMILES string of the molecule is COS(=O)(=O)OC.OS1(O)OCO1. The predicted octanol–water partition coefficient (Wildman–Crippen LogP) is 0.0953. The van der Waals surface area contributed by atoms with Crippen molar-refractivity contribution in [2.45, 2.75) is 0 Å². The molecule has 8 nitrogen and oxygen atoms in total. The fourth-order valence-electron chi connectivity index (χ4n) is 0.202. The summed E-state index contributed by atoms with van der Waals surface area (Å²) in [7, 11) is -1.60. The molecule has 1 heterocycles. The van der Waals surface area contributed by atoms with Gasteiger partial charge in [0.2, 0.25) is 11.2 Å². The minimum atomic E-state index is -3.66. The molecule has 0 bridgehead atoms. The molecule has 0 spiro atoms. The van der Waals surface area contributed by atoms with Crippen LogP contribution >= 0.6 is 11.2 Å². The summed E-state index contributed by atoms with van der Waals surface area (Å²) in [6.07, 6.45) is 0. The van der Waals surface area contributed by atoms with Gasteiger partial charge < -0.3 is 0 Å². The van der Waals surface area contributed by atoms with E-state index >= 15 is 0 Å². The van der Waals surface area contributed by atoms with Gasteiger partial charge in [0.25, 0.3) is 0 Å². The molecule has 1 aliphatic heterocycles. The van der Waals surface area contributed by atoms with Crippen molar-refractivity contribution in [1.82, 2.24) is 0 Å². The highest BCUT2D eigenvalue weighted by Crippen LogP contribution is 2.48. The summed E-state index contributed by atoms with van der Waals surface area (Å²) in [5, 5.41) is 0. The van der Waals surface area contributed by atoms with E-state index in [1.165, 1.54) is 0 Å². The molecule has 0 aromatic carbocycles. The van der Waals surface area contributed by atoms with Gasteiger partial charge >= 0.3 is 10.4 Å². The monoisotopic (exact) mass is 238 g/mol. The first kappa shape index (κ1) is 13.1. The Hall–Kier alpha value is 0.0600. The number of hydrogen-bond donors (Lipinski definition) is 2. The molecule has 0 aromatic rings. The van der Waals surface area contributed by atoms with Crippen molar-refractivity contribution in [3.05, 3.63) is 0 Å². The van der Waals surface area contributed by atoms with E-state index in [4.69, 9.17) is 9.11 Å². The Balaban J connectivity index is 0.000000223. The molecular weight excluding hydrogens is 228 g/mol. The zero-order valence-corrected chi connectivity index (χ0v) is 8.50. The molecule has 2 N–H and O–H groups in total. The smallest absolute Gasteiger partial charge is 0.287 e. The van der Waals surface area contributed by atoms with Crippen LogP contribution in [0.25, 0.3) is 0 Å². The fraction of sp³-hybridized carbons (Fsp3) is 1.00. The third-order valence-electron chi connectivity index (χ3n) is 0.812. The molecule has 1 aliphatic rings. The standard InChI is InChI=1S/C2H6O4S.CH4O4S/c1-5-7(3,4)6-2;2-6(3)4-1-5-6/h1-2H3;2-3H,1H2. The van der Waals surface area contributed by atoms with E-state index in [9.17, 15) is 8.42 Å². The maximum Gasteiger partial charge on any atom is 0.399 e. The molecule has 0 radical (unpaired) electrons. The van der Waals surface area contributed by atoms with Crippen LogP contribution in [0.3, 0.4) is 0 Å². The van der Waals surface area contributed by atoms with Crippen LogP contribution in [0, 0.1) is 0 Å². The van der Waals surface area contributed by atoms with Gasteiger partial charge in [-0.05, 0) is 0 Å². The largest absolute Gasteiger partial charge is 0.399 e. The van der Waals surface area contributed by atoms with E-state index in [0.717, 1.165) is 14.2 Å². The minimum Gasteiger partial charge on any atom is -0.287 e. The van der Waals surface area contributed by atoms with E-state index in [-0.39, 0.29) is 6.79 Å². The summed E-state index contributed by atoms with van der Waals surface area (Å²) >= 11 is -2.98. The summed E-state index contributed by atoms with van der Waals surface area (Å²) in [6, 6.07) is 0. The van der Waals surface area contributed by atoms with Gasteiger partial charge in [-0.25, -0.2) is 8.37 Å². The van der Waals surface area contributed by atoms with Crippen molar-refractivity contribution < 1.29 is 34.3 Å². The zero-order valence-electron chi connectivity index (χ0n) is 6.87. The molecule has 0 unspecified atom stereocenters. The molecule has 1 saturated heterocycles. The minimum absolute atomic E-state index is 0.00231. The normalized spacial score (nSPS) is 22.2. The molecule has 0 aromatic heterocycles. The average Bonchev–Trinajstić information content (AvgIpc) is 2.03. The zero-order chi connectivity index (χ0) is 10.5. The summed E-state index contributed by atoms with van der Waals surface area (Å²) in [5.41, 5.74) is 0. The van der Waals surface area contributed by atoms with Crippen LogP contribution in [0.15, 0.2) is 0 Å². The van der Waals surface area contributed by atoms with Crippen LogP contribution < -0.4 is 0 Å². The Morgan fingerprint density at radius 3 is 1.54 bits per heavy atom. The average molecular weight is 238 g/mol. The summed E-state index contributed by atoms with van der Waals surface area (Å²) in [6.45, 7) is 0.00231. The van der Waals surface area contributed by atoms with Crippen molar-refractivity contribution in [3.63, 3.8) is 0 Å². The molecule has 0 amide bonds. The van der Waals surface area contributed by atoms with E-state index < -0.39 is 21.6 Å². The van der Waals surface area contributed by atoms with Crippen molar-refractivity contribution in [2.75, 3.05) is 21.0 Å². The Bertz CT molecular complexity index is 216. The molecule has 10 heteroatoms. The lowest BCUT2D eigenvalue weighted by Gasteiger charge is -2.32. The highest BCUT2D eigenvalue weighted by molar-refractivity contribution is 8.16. The maximum atomic E-state index is 9.92. The molecule has 13 heavy (non-hydrogen) atoms. The number of hydrogen-bond acceptors (Lipinski definition) is 8. The van der Waals surface area contributed by atoms with Crippen molar-refractivity contribution in [3.8, 4) is 0 Å². The molecule has 0 saturated carbocycles. The molecule has 1 fully saturated rings. The van der Waals surface area contributed by atoms with Crippen LogP contribution in [-0.2, 0) is 27.1 Å². The van der Waals surface area contributed by atoms with Gasteiger partial charge in [0.1, 0.15) is 0 Å². The molecule has 82 valence electrons. The lowest BCUT2D eigenvalue weighted by molar-refractivity contribution is -0.0169. The summed E-state index contributed by atoms with van der Waals surface area (Å²) in [5.74, 6) is 0. The first-order chi connectivity index (χ1) is 5.83. The van der Waals surface area contributed by atoms with Gasteiger partial charge in [0.15, 0.2) is 6.79 Å². The summed E-state index contributed by atoms with van der Waals surface area (Å²) in [4.78, 5) is 0. The molecular formula is C3H10O8S2. The maximum absolute atomic E-state index is 9.92. The van der Waals surface area contributed by atoms with Crippen LogP contribution in [0.4, 0.5) is 0 Å². The molecule has 1 rings (SSSR count).